The van der Waals surface area contributed by atoms with Gasteiger partial charge in [0.2, 0.25) is 5.91 Å². The number of carboxylic acid groups (broad SMARTS) is 1. The van der Waals surface area contributed by atoms with Crippen molar-refractivity contribution in [3.05, 3.63) is 10.6 Å². The molecule has 0 aliphatic carbocycles. The SMILES string of the molecule is CC(=N)NCCCC1=C(C(=O)O)N2C(=O)C[C@H]2S1. The van der Waals surface area contributed by atoms with Crippen molar-refractivity contribution in [1.29, 1.82) is 5.41 Å². The number of allylic oxidation sites excluding steroid dienone is 1. The van der Waals surface area contributed by atoms with Gasteiger partial charge >= 0.3 is 5.97 Å². The third kappa shape index (κ3) is 2.35. The normalized spacial score (nSPS) is 21.7. The van der Waals surface area contributed by atoms with Crippen LogP contribution in [-0.2, 0) is 9.59 Å². The number of hydrogen-bond donors (Lipinski definition) is 3. The fourth-order valence-electron chi connectivity index (χ4n) is 2.03. The number of amides is 1. The first-order valence-electron chi connectivity index (χ1n) is 5.75. The van der Waals surface area contributed by atoms with E-state index >= 15 is 0 Å². The van der Waals surface area contributed by atoms with Gasteiger partial charge in [-0.25, -0.2) is 4.79 Å². The molecule has 2 rings (SSSR count). The van der Waals surface area contributed by atoms with E-state index in [9.17, 15) is 9.59 Å². The average molecular weight is 269 g/mol. The molecule has 0 aromatic carbocycles. The van der Waals surface area contributed by atoms with E-state index in [0.717, 1.165) is 11.3 Å². The molecule has 1 atom stereocenters. The lowest BCUT2D eigenvalue weighted by molar-refractivity contribution is -0.145. The van der Waals surface area contributed by atoms with E-state index in [0.29, 0.717) is 25.2 Å². The zero-order valence-corrected chi connectivity index (χ0v) is 10.8. The van der Waals surface area contributed by atoms with E-state index < -0.39 is 5.97 Å². The summed E-state index contributed by atoms with van der Waals surface area (Å²) in [4.78, 5) is 24.7. The molecule has 98 valence electrons. The summed E-state index contributed by atoms with van der Waals surface area (Å²) in [5, 5.41) is 19.2. The van der Waals surface area contributed by atoms with Crippen molar-refractivity contribution in [2.24, 2.45) is 0 Å². The number of β-lactam (4-membered cyclic amide) rings is 1. The highest BCUT2D eigenvalue weighted by Crippen LogP contribution is 2.47. The predicted octanol–water partition coefficient (Wildman–Crippen LogP) is 0.955. The fraction of sp³-hybridized carbons (Fsp3) is 0.545. The van der Waals surface area contributed by atoms with E-state index in [-0.39, 0.29) is 17.0 Å². The highest BCUT2D eigenvalue weighted by Gasteiger charge is 2.47. The number of fused-ring (bicyclic) bond motifs is 1. The smallest absolute Gasteiger partial charge is 0.353 e. The van der Waals surface area contributed by atoms with Crippen LogP contribution in [0.1, 0.15) is 26.2 Å². The molecule has 0 aromatic rings. The Morgan fingerprint density at radius 1 is 1.67 bits per heavy atom. The second kappa shape index (κ2) is 5.01. The molecule has 3 N–H and O–H groups in total. The van der Waals surface area contributed by atoms with Crippen LogP contribution in [0.3, 0.4) is 0 Å². The summed E-state index contributed by atoms with van der Waals surface area (Å²) in [6.07, 6.45) is 1.82. The maximum atomic E-state index is 11.4. The summed E-state index contributed by atoms with van der Waals surface area (Å²) in [5.41, 5.74) is 0.160. The van der Waals surface area contributed by atoms with Crippen molar-refractivity contribution in [3.8, 4) is 0 Å². The molecule has 2 aliphatic heterocycles. The molecule has 18 heavy (non-hydrogen) atoms. The number of amidine groups is 1. The van der Waals surface area contributed by atoms with Crippen molar-refractivity contribution >= 4 is 29.5 Å². The lowest BCUT2D eigenvalue weighted by Gasteiger charge is -2.33. The standard InChI is InChI=1S/C11H15N3O3S/c1-6(12)13-4-2-3-7-10(11(16)17)14-8(15)5-9(14)18-7/h9H,2-5H2,1H3,(H2,12,13)(H,16,17)/t9-/m1/s1. The van der Waals surface area contributed by atoms with Gasteiger partial charge < -0.3 is 10.4 Å². The molecule has 1 amide bonds. The lowest BCUT2D eigenvalue weighted by atomic mass is 10.1. The first-order valence-corrected chi connectivity index (χ1v) is 6.63. The van der Waals surface area contributed by atoms with Gasteiger partial charge in [-0.2, -0.15) is 0 Å². The van der Waals surface area contributed by atoms with Crippen LogP contribution in [0.5, 0.6) is 0 Å². The minimum absolute atomic E-state index is 0.00367. The number of carbonyl (C=O) groups is 2. The number of rotatable bonds is 5. The molecule has 2 aliphatic rings. The summed E-state index contributed by atoms with van der Waals surface area (Å²) in [7, 11) is 0. The highest BCUT2D eigenvalue weighted by molar-refractivity contribution is 8.04. The lowest BCUT2D eigenvalue weighted by Crippen LogP contribution is -2.48. The Kier molecular flexibility index (Phi) is 3.60. The Morgan fingerprint density at radius 2 is 2.39 bits per heavy atom. The maximum absolute atomic E-state index is 11.4. The summed E-state index contributed by atoms with van der Waals surface area (Å²) in [6.45, 7) is 2.31. The Morgan fingerprint density at radius 3 is 2.94 bits per heavy atom. The Bertz CT molecular complexity index is 447. The number of nitrogens with zero attached hydrogens (tertiary/aromatic N) is 1. The summed E-state index contributed by atoms with van der Waals surface area (Å²) in [5.74, 6) is -0.724. The number of hydrogen-bond acceptors (Lipinski definition) is 4. The van der Waals surface area contributed by atoms with Crippen LogP contribution >= 0.6 is 11.8 Å². The molecule has 0 saturated carbocycles. The van der Waals surface area contributed by atoms with Gasteiger partial charge in [0, 0.05) is 11.4 Å². The largest absolute Gasteiger partial charge is 0.477 e. The van der Waals surface area contributed by atoms with Crippen LogP contribution in [0.15, 0.2) is 10.6 Å². The highest BCUT2D eigenvalue weighted by atomic mass is 32.2. The maximum Gasteiger partial charge on any atom is 0.353 e. The van der Waals surface area contributed by atoms with Crippen LogP contribution in [0.2, 0.25) is 0 Å². The average Bonchev–Trinajstić information content (AvgIpc) is 2.57. The van der Waals surface area contributed by atoms with Crippen molar-refractivity contribution in [3.63, 3.8) is 0 Å². The molecule has 1 fully saturated rings. The molecule has 2 heterocycles. The molecule has 0 aromatic heterocycles. The molecule has 0 spiro atoms. The fourth-order valence-corrected chi connectivity index (χ4v) is 3.47. The molecule has 7 heteroatoms. The second-order valence-corrected chi connectivity index (χ2v) is 5.55. The van der Waals surface area contributed by atoms with Gasteiger partial charge in [0.05, 0.1) is 17.6 Å². The molecule has 1 saturated heterocycles. The van der Waals surface area contributed by atoms with Crippen LogP contribution in [-0.4, -0.2) is 39.6 Å². The molecule has 0 bridgehead atoms. The minimum atomic E-state index is -1.02. The van der Waals surface area contributed by atoms with Crippen molar-refractivity contribution < 1.29 is 14.7 Å². The summed E-state index contributed by atoms with van der Waals surface area (Å²) >= 11 is 1.48. The quantitative estimate of drug-likeness (QED) is 0.299. The van der Waals surface area contributed by atoms with Crippen molar-refractivity contribution in [2.75, 3.05) is 6.54 Å². The predicted molar refractivity (Wildman–Crippen MR) is 68.1 cm³/mol. The molecule has 6 nitrogen and oxygen atoms in total. The van der Waals surface area contributed by atoms with Gasteiger partial charge in [0.1, 0.15) is 5.70 Å². The number of aliphatic carboxylic acids is 1. The van der Waals surface area contributed by atoms with E-state index in [1.54, 1.807) is 6.92 Å². The van der Waals surface area contributed by atoms with Gasteiger partial charge in [0.15, 0.2) is 0 Å². The van der Waals surface area contributed by atoms with Gasteiger partial charge in [0.25, 0.3) is 0 Å². The number of carbonyl (C=O) groups excluding carboxylic acids is 1. The minimum Gasteiger partial charge on any atom is -0.477 e. The van der Waals surface area contributed by atoms with E-state index in [1.807, 2.05) is 0 Å². The Hall–Kier alpha value is -1.50. The molecule has 0 radical (unpaired) electrons. The summed E-state index contributed by atoms with van der Waals surface area (Å²) < 4.78 is 0. The van der Waals surface area contributed by atoms with Crippen LogP contribution < -0.4 is 5.32 Å². The van der Waals surface area contributed by atoms with Crippen molar-refractivity contribution in [1.82, 2.24) is 10.2 Å². The first kappa shape index (κ1) is 12.9. The van der Waals surface area contributed by atoms with Crippen LogP contribution in [0, 0.1) is 5.41 Å². The van der Waals surface area contributed by atoms with Crippen molar-refractivity contribution in [2.45, 2.75) is 31.6 Å². The van der Waals surface area contributed by atoms with E-state index in [2.05, 4.69) is 5.32 Å². The Labute approximate surface area is 109 Å². The molecule has 0 unspecified atom stereocenters. The third-order valence-corrected chi connectivity index (χ3v) is 4.19. The third-order valence-electron chi connectivity index (χ3n) is 2.86. The van der Waals surface area contributed by atoms with Gasteiger partial charge in [-0.3, -0.25) is 15.1 Å². The Balaban J connectivity index is 1.96. The van der Waals surface area contributed by atoms with Crippen LogP contribution in [0.25, 0.3) is 0 Å². The van der Waals surface area contributed by atoms with Gasteiger partial charge in [-0.05, 0) is 19.8 Å². The van der Waals surface area contributed by atoms with Crippen LogP contribution in [0.4, 0.5) is 0 Å². The summed E-state index contributed by atoms with van der Waals surface area (Å²) in [6, 6.07) is 0. The second-order valence-electron chi connectivity index (χ2n) is 4.27. The monoisotopic (exact) mass is 269 g/mol. The first-order chi connectivity index (χ1) is 8.50. The van der Waals surface area contributed by atoms with E-state index in [1.165, 1.54) is 16.7 Å². The van der Waals surface area contributed by atoms with Gasteiger partial charge in [-0.1, -0.05) is 0 Å². The number of nitrogens with one attached hydrogen (secondary N) is 2. The zero-order chi connectivity index (χ0) is 13.3. The topological polar surface area (TPSA) is 93.5 Å². The zero-order valence-electron chi connectivity index (χ0n) is 10.0. The number of thioether (sulfide) groups is 1. The van der Waals surface area contributed by atoms with E-state index in [4.69, 9.17) is 10.5 Å². The molecular weight excluding hydrogens is 254 g/mol. The molecular formula is C11H15N3O3S. The van der Waals surface area contributed by atoms with Gasteiger partial charge in [-0.15, -0.1) is 11.8 Å². The number of carboxylic acids is 1.